The molecule has 7 atom stereocenters. The topological polar surface area (TPSA) is 149 Å². The van der Waals surface area contributed by atoms with Crippen LogP contribution in [0.15, 0.2) is 48.6 Å². The Labute approximate surface area is 564 Å². The van der Waals surface area contributed by atoms with E-state index < -0.39 is 49.5 Å². The molecular formula is C82H155NO8. The fourth-order valence-corrected chi connectivity index (χ4v) is 13.1. The van der Waals surface area contributed by atoms with Crippen LogP contribution in [0.3, 0.4) is 0 Å². The Kier molecular flexibility index (Phi) is 67.9. The molecule has 1 aliphatic heterocycles. The van der Waals surface area contributed by atoms with Crippen LogP contribution in [-0.2, 0) is 14.3 Å². The van der Waals surface area contributed by atoms with E-state index in [1.165, 1.54) is 347 Å². The Morgan fingerprint density at radius 1 is 0.363 bits per heavy atom. The number of rotatable bonds is 72. The van der Waals surface area contributed by atoms with Gasteiger partial charge in [-0.2, -0.15) is 0 Å². The highest BCUT2D eigenvalue weighted by molar-refractivity contribution is 5.76. The van der Waals surface area contributed by atoms with Crippen molar-refractivity contribution in [2.24, 2.45) is 0 Å². The van der Waals surface area contributed by atoms with Crippen LogP contribution in [0.2, 0.25) is 0 Å². The lowest BCUT2D eigenvalue weighted by Gasteiger charge is -2.40. The molecule has 1 saturated heterocycles. The molecule has 1 fully saturated rings. The van der Waals surface area contributed by atoms with E-state index in [9.17, 15) is 30.3 Å². The molecule has 1 amide bonds. The summed E-state index contributed by atoms with van der Waals surface area (Å²) in [4.78, 5) is 13.2. The predicted octanol–water partition coefficient (Wildman–Crippen LogP) is 23.1. The molecule has 0 radical (unpaired) electrons. The fourth-order valence-electron chi connectivity index (χ4n) is 13.1. The number of hydrogen-bond donors (Lipinski definition) is 6. The van der Waals surface area contributed by atoms with Gasteiger partial charge < -0.3 is 40.3 Å². The summed E-state index contributed by atoms with van der Waals surface area (Å²) in [5.74, 6) is -0.183. The van der Waals surface area contributed by atoms with Gasteiger partial charge in [0.05, 0.1) is 25.4 Å². The fraction of sp³-hybridized carbons (Fsp3) is 0.890. The number of hydrogen-bond acceptors (Lipinski definition) is 8. The summed E-state index contributed by atoms with van der Waals surface area (Å²) in [5.41, 5.74) is 0. The predicted molar refractivity (Wildman–Crippen MR) is 392 cm³/mol. The second kappa shape index (κ2) is 70.9. The smallest absolute Gasteiger partial charge is 0.220 e. The first kappa shape index (κ1) is 87.2. The molecule has 0 bridgehead atoms. The molecular weight excluding hydrogens is 1130 g/mol. The average molecular weight is 1280 g/mol. The number of aliphatic hydroxyl groups excluding tert-OH is 5. The SMILES string of the molecule is CCCCCCCCCC/C=C\CCCCCCCCCCCCCCCCCCCCCCCCCC(=O)NC(COC1OC(CO)C(O)C(O)C1O)C(O)/C=C/CC/C=C/CC/C=C/CCCCCCCCCCCCCCCCCCCCCCCCC. The minimum Gasteiger partial charge on any atom is -0.394 e. The summed E-state index contributed by atoms with van der Waals surface area (Å²) in [5, 5.41) is 54.9. The Bertz CT molecular complexity index is 1580. The lowest BCUT2D eigenvalue weighted by molar-refractivity contribution is -0.302. The molecule has 0 aliphatic carbocycles. The monoisotopic (exact) mass is 1280 g/mol. The number of allylic oxidation sites excluding steroid dienone is 7. The van der Waals surface area contributed by atoms with Crippen LogP contribution >= 0.6 is 0 Å². The van der Waals surface area contributed by atoms with Crippen molar-refractivity contribution < 1.29 is 39.8 Å². The lowest BCUT2D eigenvalue weighted by Crippen LogP contribution is -2.60. The Morgan fingerprint density at radius 3 is 0.923 bits per heavy atom. The van der Waals surface area contributed by atoms with Crippen molar-refractivity contribution in [2.45, 2.75) is 455 Å². The first-order valence-corrected chi connectivity index (χ1v) is 40.4. The van der Waals surface area contributed by atoms with Crippen molar-refractivity contribution >= 4 is 5.91 Å². The van der Waals surface area contributed by atoms with Crippen LogP contribution in [0.5, 0.6) is 0 Å². The maximum atomic E-state index is 13.2. The van der Waals surface area contributed by atoms with Crippen LogP contribution in [-0.4, -0.2) is 87.5 Å². The van der Waals surface area contributed by atoms with Gasteiger partial charge >= 0.3 is 0 Å². The summed E-state index contributed by atoms with van der Waals surface area (Å²) in [7, 11) is 0. The van der Waals surface area contributed by atoms with Gasteiger partial charge in [-0.25, -0.2) is 0 Å². The molecule has 0 aromatic heterocycles. The summed E-state index contributed by atoms with van der Waals surface area (Å²) in [6.45, 7) is 3.82. The van der Waals surface area contributed by atoms with Crippen molar-refractivity contribution in [3.05, 3.63) is 48.6 Å². The second-order valence-corrected chi connectivity index (χ2v) is 28.2. The lowest BCUT2D eigenvalue weighted by atomic mass is 9.99. The molecule has 0 aromatic rings. The number of carbonyl (C=O) groups is 1. The third kappa shape index (κ3) is 59.2. The summed E-state index contributed by atoms with van der Waals surface area (Å²) in [6.07, 6.45) is 91.3. The van der Waals surface area contributed by atoms with Crippen molar-refractivity contribution in [2.75, 3.05) is 13.2 Å². The number of nitrogens with one attached hydrogen (secondary N) is 1. The molecule has 9 nitrogen and oxygen atoms in total. The largest absolute Gasteiger partial charge is 0.394 e. The van der Waals surface area contributed by atoms with Crippen LogP contribution in [0.1, 0.15) is 412 Å². The van der Waals surface area contributed by atoms with Gasteiger partial charge in [-0.3, -0.25) is 4.79 Å². The quantitative estimate of drug-likeness (QED) is 0.0261. The van der Waals surface area contributed by atoms with Gasteiger partial charge in [0.15, 0.2) is 6.29 Å². The number of amides is 1. The Hall–Kier alpha value is -1.85. The van der Waals surface area contributed by atoms with E-state index in [0.29, 0.717) is 6.42 Å². The van der Waals surface area contributed by atoms with Crippen LogP contribution < -0.4 is 5.32 Å². The van der Waals surface area contributed by atoms with Gasteiger partial charge in [0.2, 0.25) is 5.91 Å². The first-order valence-electron chi connectivity index (χ1n) is 40.4. The van der Waals surface area contributed by atoms with E-state index in [2.05, 4.69) is 55.6 Å². The third-order valence-corrected chi connectivity index (χ3v) is 19.4. The normalized spacial score (nSPS) is 17.9. The van der Waals surface area contributed by atoms with Gasteiger partial charge in [0.25, 0.3) is 0 Å². The molecule has 1 heterocycles. The summed E-state index contributed by atoms with van der Waals surface area (Å²) < 4.78 is 11.3. The van der Waals surface area contributed by atoms with Gasteiger partial charge in [0.1, 0.15) is 24.4 Å². The highest BCUT2D eigenvalue weighted by Gasteiger charge is 2.44. The van der Waals surface area contributed by atoms with Crippen molar-refractivity contribution in [1.82, 2.24) is 5.32 Å². The Morgan fingerprint density at radius 2 is 0.626 bits per heavy atom. The molecule has 6 N–H and O–H groups in total. The van der Waals surface area contributed by atoms with E-state index in [0.717, 1.165) is 44.9 Å². The summed E-state index contributed by atoms with van der Waals surface area (Å²) in [6, 6.07) is -0.830. The molecule has 1 rings (SSSR count). The van der Waals surface area contributed by atoms with Gasteiger partial charge in [0, 0.05) is 6.42 Å². The number of unbranched alkanes of at least 4 members (excludes halogenated alkanes) is 56. The maximum Gasteiger partial charge on any atom is 0.220 e. The van der Waals surface area contributed by atoms with Crippen molar-refractivity contribution in [3.63, 3.8) is 0 Å². The van der Waals surface area contributed by atoms with Gasteiger partial charge in [-0.05, 0) is 70.6 Å². The second-order valence-electron chi connectivity index (χ2n) is 28.2. The number of aliphatic hydroxyl groups is 5. The van der Waals surface area contributed by atoms with Crippen molar-refractivity contribution in [1.29, 1.82) is 0 Å². The Balaban J connectivity index is 2.09. The summed E-state index contributed by atoms with van der Waals surface area (Å²) >= 11 is 0. The first-order chi connectivity index (χ1) is 44.8. The molecule has 0 spiro atoms. The van der Waals surface area contributed by atoms with E-state index in [-0.39, 0.29) is 12.5 Å². The number of ether oxygens (including phenoxy) is 2. The standard InChI is InChI=1S/C82H155NO8/c1-3-5-7-9-11-13-15-17-19-21-23-25-27-29-31-33-35-37-38-40-42-44-46-48-50-52-54-56-58-60-62-64-66-68-70-72-78(86)83-75(74-90-82-81(89)80(88)79(87)77(73-84)91-82)76(85)71-69-67-65-63-61-59-57-55-53-51-49-47-45-43-41-39-36-34-32-30-28-26-24-22-20-18-16-14-12-10-8-6-4-2/h21,23,53,55,61,63,69,71,75-77,79-82,84-85,87-89H,3-20,22,24-52,54,56-60,62,64-68,70,72-74H2,1-2H3,(H,83,86)/b23-21-,55-53+,63-61+,71-69+. The zero-order valence-electron chi connectivity index (χ0n) is 60.4. The average Bonchev–Trinajstić information content (AvgIpc) is 1.58. The zero-order valence-corrected chi connectivity index (χ0v) is 60.4. The molecule has 7 unspecified atom stereocenters. The molecule has 9 heteroatoms. The highest BCUT2D eigenvalue weighted by Crippen LogP contribution is 2.24. The number of carbonyl (C=O) groups excluding carboxylic acids is 1. The zero-order chi connectivity index (χ0) is 65.7. The molecule has 0 saturated carbocycles. The van der Waals surface area contributed by atoms with Crippen LogP contribution in [0.4, 0.5) is 0 Å². The van der Waals surface area contributed by atoms with Crippen LogP contribution in [0, 0.1) is 0 Å². The maximum absolute atomic E-state index is 13.2. The molecule has 0 aromatic carbocycles. The van der Waals surface area contributed by atoms with Crippen LogP contribution in [0.25, 0.3) is 0 Å². The minimum absolute atomic E-state index is 0.183. The van der Waals surface area contributed by atoms with Crippen molar-refractivity contribution in [3.8, 4) is 0 Å². The molecule has 1 aliphatic rings. The van der Waals surface area contributed by atoms with Gasteiger partial charge in [-0.15, -0.1) is 0 Å². The van der Waals surface area contributed by atoms with E-state index >= 15 is 0 Å². The highest BCUT2D eigenvalue weighted by atomic mass is 16.7. The van der Waals surface area contributed by atoms with E-state index in [1.54, 1.807) is 6.08 Å². The van der Waals surface area contributed by atoms with E-state index in [1.807, 2.05) is 6.08 Å². The van der Waals surface area contributed by atoms with Gasteiger partial charge in [-0.1, -0.05) is 383 Å². The molecule has 91 heavy (non-hydrogen) atoms. The van der Waals surface area contributed by atoms with E-state index in [4.69, 9.17) is 9.47 Å². The minimum atomic E-state index is -1.58. The third-order valence-electron chi connectivity index (χ3n) is 19.4. The molecule has 536 valence electrons.